The summed E-state index contributed by atoms with van der Waals surface area (Å²) in [5.74, 6) is -1.39. The summed E-state index contributed by atoms with van der Waals surface area (Å²) in [4.78, 5) is 13.3. The Morgan fingerprint density at radius 2 is 1.17 bits per heavy atom. The van der Waals surface area contributed by atoms with Gasteiger partial charge >= 0.3 is 213 Å². The number of unbranched alkanes of at least 4 members (excludes halogenated alkanes) is 1. The summed E-state index contributed by atoms with van der Waals surface area (Å²) >= 11 is -2.91. The van der Waals surface area contributed by atoms with Crippen LogP contribution in [0.1, 0.15) is 41.0 Å². The van der Waals surface area contributed by atoms with E-state index in [1.54, 1.807) is 0 Å². The predicted octanol–water partition coefficient (Wildman–Crippen LogP) is -0.858. The van der Waals surface area contributed by atoms with Crippen LogP contribution < -0.4 is 38.5 Å². The quantitative estimate of drug-likeness (QED) is 0.239. The number of carbonyl (C=O) groups excluding carboxylic acids is 1. The molecule has 183 valence electrons. The standard InChI is InChI=1S/C13H9.C12H11Si.C5H11NO.2ClH.Hf/c1-3-7-12-10(5-1)9-11-6-2-4-8-13(11)12;1-3-7-11(8-4-1)13-12-9-5-2-6-10-12;1-2-3-4-5(6)7;;;/h1-9H;1-10,13H;2-4H2,1H3,(H2,6,7);2*1H;/q;;;;;+3/p-3. The number of hydrogen-bond donors (Lipinski definition) is 1. The van der Waals surface area contributed by atoms with Gasteiger partial charge in [0.1, 0.15) is 0 Å². The molecule has 1 N–H and O–H groups in total. The van der Waals surface area contributed by atoms with Crippen LogP contribution >= 0.6 is 0 Å². The summed E-state index contributed by atoms with van der Waals surface area (Å²) in [7, 11) is 0. The molecule has 36 heavy (non-hydrogen) atoms. The van der Waals surface area contributed by atoms with Gasteiger partial charge < -0.3 is 24.8 Å². The molecule has 0 heterocycles. The zero-order valence-electron chi connectivity index (χ0n) is 20.3. The molecule has 0 fully saturated rings. The number of benzene rings is 4. The Bertz CT molecular complexity index is 1190. The summed E-state index contributed by atoms with van der Waals surface area (Å²) in [6.07, 6.45) is 2.62. The second-order valence-corrected chi connectivity index (χ2v) is 28.7. The van der Waals surface area contributed by atoms with Crippen LogP contribution in [0.25, 0.3) is 11.1 Å². The van der Waals surface area contributed by atoms with Gasteiger partial charge in [-0.3, -0.25) is 0 Å². The molecule has 1 aliphatic carbocycles. The molecule has 1 amide bonds. The maximum absolute atomic E-state index is 13.3. The molecule has 6 heteroatoms. The van der Waals surface area contributed by atoms with Gasteiger partial charge in [0, 0.05) is 0 Å². The Hall–Kier alpha value is -1.98. The largest absolute Gasteiger partial charge is 1.00 e. The predicted molar refractivity (Wildman–Crippen MR) is 141 cm³/mol. The van der Waals surface area contributed by atoms with E-state index in [-0.39, 0.29) is 30.7 Å². The average molecular weight is 698 g/mol. The zero-order chi connectivity index (χ0) is 23.3. The fourth-order valence-corrected chi connectivity index (χ4v) is 35.6. The molecule has 0 saturated carbocycles. The van der Waals surface area contributed by atoms with Gasteiger partial charge in [0.2, 0.25) is 0 Å². The second kappa shape index (κ2) is 13.5. The number of fused-ring (bicyclic) bond motifs is 3. The number of amides is 1. The van der Waals surface area contributed by atoms with Crippen molar-refractivity contribution in [1.29, 1.82) is 0 Å². The van der Waals surface area contributed by atoms with E-state index >= 15 is 0 Å². The van der Waals surface area contributed by atoms with E-state index in [4.69, 9.17) is 0 Å². The van der Waals surface area contributed by atoms with Crippen molar-refractivity contribution in [2.75, 3.05) is 0 Å². The monoisotopic (exact) mass is 698 g/mol. The minimum atomic E-state index is -2.91. The van der Waals surface area contributed by atoms with Gasteiger partial charge in [-0.25, -0.2) is 0 Å². The zero-order valence-corrected chi connectivity index (χ0v) is 26.6. The van der Waals surface area contributed by atoms with E-state index in [9.17, 15) is 4.79 Å². The third kappa shape index (κ3) is 5.94. The SMILES string of the molecule is CCCCC(=O)[NH][Hf+2]([CH]1c2ccccc2-c2ccccc21)[SiH](c1ccccc1)c1ccccc1.[Cl-].[Cl-]. The third-order valence-corrected chi connectivity index (χ3v) is 33.8. The van der Waals surface area contributed by atoms with Crippen molar-refractivity contribution in [3.8, 4) is 11.1 Å². The van der Waals surface area contributed by atoms with Crippen LogP contribution in [0.15, 0.2) is 109 Å². The first kappa shape index (κ1) is 28.6. The first-order valence-corrected chi connectivity index (χ1v) is 24.0. The van der Waals surface area contributed by atoms with Gasteiger partial charge in [0.15, 0.2) is 0 Å². The Kier molecular flexibility index (Phi) is 10.7. The van der Waals surface area contributed by atoms with Crippen molar-refractivity contribution in [3.05, 3.63) is 120 Å². The van der Waals surface area contributed by atoms with Crippen molar-refractivity contribution in [2.45, 2.75) is 29.9 Å². The van der Waals surface area contributed by atoms with Crippen LogP contribution in [0.2, 0.25) is 0 Å². The fraction of sp³-hybridized carbons (Fsp3) is 0.167. The van der Waals surface area contributed by atoms with Gasteiger partial charge in [-0.05, 0) is 0 Å². The van der Waals surface area contributed by atoms with Crippen LogP contribution in [-0.4, -0.2) is 11.9 Å². The minimum absolute atomic E-state index is 0. The fourth-order valence-electron chi connectivity index (χ4n) is 5.20. The molecule has 4 aromatic rings. The van der Waals surface area contributed by atoms with Crippen LogP contribution in [-0.2, 0) is 25.7 Å². The molecule has 5 rings (SSSR count). The summed E-state index contributed by atoms with van der Waals surface area (Å²) in [5, 5.41) is 2.90. The molecule has 0 spiro atoms. The smallest absolute Gasteiger partial charge is 1.00 e. The van der Waals surface area contributed by atoms with Gasteiger partial charge in [-0.1, -0.05) is 0 Å². The number of rotatable bonds is 8. The van der Waals surface area contributed by atoms with Gasteiger partial charge in [0.05, 0.1) is 0 Å². The van der Waals surface area contributed by atoms with Crippen LogP contribution in [0.5, 0.6) is 0 Å². The first-order chi connectivity index (χ1) is 16.8. The number of halogens is 2. The molecule has 0 saturated heterocycles. The van der Waals surface area contributed by atoms with E-state index in [0.29, 0.717) is 10.1 Å². The molecule has 0 aromatic heterocycles. The molecule has 0 bridgehead atoms. The van der Waals surface area contributed by atoms with E-state index in [1.807, 2.05) is 0 Å². The molecule has 4 aromatic carbocycles. The maximum atomic E-state index is 13.3. The van der Waals surface area contributed by atoms with Crippen molar-refractivity contribution < 1.29 is 50.5 Å². The third-order valence-electron chi connectivity index (χ3n) is 6.76. The van der Waals surface area contributed by atoms with E-state index < -0.39 is 26.9 Å². The van der Waals surface area contributed by atoms with E-state index in [0.717, 1.165) is 12.8 Å². The van der Waals surface area contributed by atoms with Crippen molar-refractivity contribution in [1.82, 2.24) is 3.30 Å². The van der Waals surface area contributed by atoms with Crippen LogP contribution in [0.4, 0.5) is 0 Å². The van der Waals surface area contributed by atoms with E-state index in [1.165, 1.54) is 32.6 Å². The van der Waals surface area contributed by atoms with Crippen molar-refractivity contribution in [3.63, 3.8) is 0 Å². The van der Waals surface area contributed by atoms with Crippen LogP contribution in [0, 0.1) is 0 Å². The molecule has 0 atom stereocenters. The Morgan fingerprint density at radius 1 is 0.722 bits per heavy atom. The minimum Gasteiger partial charge on any atom is -1.00 e. The Morgan fingerprint density at radius 3 is 1.64 bits per heavy atom. The molecule has 0 unspecified atom stereocenters. The Balaban J connectivity index is 0.00000180. The van der Waals surface area contributed by atoms with Crippen molar-refractivity contribution in [2.24, 2.45) is 0 Å². The van der Waals surface area contributed by atoms with Gasteiger partial charge in [-0.15, -0.1) is 0 Å². The number of carbonyl (C=O) groups is 1. The summed E-state index contributed by atoms with van der Waals surface area (Å²) < 4.78 is 4.16. The van der Waals surface area contributed by atoms with Crippen LogP contribution in [0.3, 0.4) is 0 Å². The van der Waals surface area contributed by atoms with E-state index in [2.05, 4.69) is 119 Å². The second-order valence-electron chi connectivity index (χ2n) is 8.97. The summed E-state index contributed by atoms with van der Waals surface area (Å²) in [5.41, 5.74) is 5.54. The molecule has 0 aliphatic heterocycles. The molecular weight excluding hydrogens is 668 g/mol. The summed E-state index contributed by atoms with van der Waals surface area (Å²) in [6.45, 7) is 2.16. The van der Waals surface area contributed by atoms with Gasteiger partial charge in [-0.2, -0.15) is 0 Å². The topological polar surface area (TPSA) is 29.1 Å². The Labute approximate surface area is 235 Å². The number of nitrogens with one attached hydrogen (secondary N) is 1. The van der Waals surface area contributed by atoms with Crippen molar-refractivity contribution >= 4 is 22.3 Å². The maximum Gasteiger partial charge on any atom is -1.00 e. The molecule has 2 nitrogen and oxygen atoms in total. The summed E-state index contributed by atoms with van der Waals surface area (Å²) in [6, 6.07) is 39.8. The molecular formula is C30H30Cl2HfNOSi. The molecule has 1 aliphatic rings. The number of hydrogen-bond acceptors (Lipinski definition) is 1. The van der Waals surface area contributed by atoms with Gasteiger partial charge in [0.25, 0.3) is 0 Å². The normalized spacial score (nSPS) is 11.6. The average Bonchev–Trinajstić information content (AvgIpc) is 3.23. The first-order valence-electron chi connectivity index (χ1n) is 12.2. The molecule has 0 radical (unpaired) electrons.